The fourth-order valence-corrected chi connectivity index (χ4v) is 4.08. The zero-order valence-corrected chi connectivity index (χ0v) is 15.8. The van der Waals surface area contributed by atoms with E-state index in [9.17, 15) is 4.39 Å². The van der Waals surface area contributed by atoms with Crippen molar-refractivity contribution in [2.24, 2.45) is 0 Å². The summed E-state index contributed by atoms with van der Waals surface area (Å²) in [7, 11) is 0. The molecule has 0 N–H and O–H groups in total. The van der Waals surface area contributed by atoms with Crippen molar-refractivity contribution in [3.8, 4) is 0 Å². The van der Waals surface area contributed by atoms with Gasteiger partial charge < -0.3 is 4.57 Å². The van der Waals surface area contributed by atoms with Gasteiger partial charge in [0.15, 0.2) is 0 Å². The highest BCUT2D eigenvalue weighted by molar-refractivity contribution is 5.84. The molecule has 0 atom stereocenters. The molecule has 2 aromatic rings. The Kier molecular flexibility index (Phi) is 6.92. The van der Waals surface area contributed by atoms with Crippen LogP contribution in [0.4, 0.5) is 4.39 Å². The van der Waals surface area contributed by atoms with Crippen LogP contribution in [0.25, 0.3) is 10.9 Å². The molecule has 0 spiro atoms. The summed E-state index contributed by atoms with van der Waals surface area (Å²) in [5, 5.41) is 1.11. The number of aromatic nitrogens is 1. The standard InChI is InChI=1S/C22H33FN2/c1-2-3-4-5-6-10-15-25-18-19(17-24-13-8-7-9-14-24)21-16-20(23)11-12-22(21)25/h11-12,16,18H,2-10,13-15,17H2,1H3. The second-order valence-corrected chi connectivity index (χ2v) is 7.61. The molecule has 1 aromatic heterocycles. The van der Waals surface area contributed by atoms with E-state index in [0.29, 0.717) is 0 Å². The van der Waals surface area contributed by atoms with Crippen LogP contribution in [0.1, 0.15) is 70.3 Å². The lowest BCUT2D eigenvalue weighted by molar-refractivity contribution is 0.221. The van der Waals surface area contributed by atoms with Crippen LogP contribution in [0.15, 0.2) is 24.4 Å². The van der Waals surface area contributed by atoms with Crippen molar-refractivity contribution < 1.29 is 4.39 Å². The van der Waals surface area contributed by atoms with Crippen LogP contribution in [0, 0.1) is 5.82 Å². The van der Waals surface area contributed by atoms with Gasteiger partial charge in [0.1, 0.15) is 5.82 Å². The van der Waals surface area contributed by atoms with Crippen molar-refractivity contribution >= 4 is 10.9 Å². The Labute approximate surface area is 152 Å². The Bertz CT molecular complexity index is 655. The predicted octanol–water partition coefficient (Wildman–Crippen LogP) is 6.13. The van der Waals surface area contributed by atoms with Gasteiger partial charge in [-0.2, -0.15) is 0 Å². The molecule has 0 unspecified atom stereocenters. The molecule has 1 aromatic carbocycles. The molecule has 2 heterocycles. The normalized spacial score (nSPS) is 15.9. The molecular weight excluding hydrogens is 311 g/mol. The van der Waals surface area contributed by atoms with E-state index in [1.54, 1.807) is 12.1 Å². The van der Waals surface area contributed by atoms with Gasteiger partial charge in [-0.15, -0.1) is 0 Å². The Morgan fingerprint density at radius 3 is 2.52 bits per heavy atom. The molecule has 1 saturated heterocycles. The number of piperidine rings is 1. The molecule has 0 saturated carbocycles. The monoisotopic (exact) mass is 344 g/mol. The second-order valence-electron chi connectivity index (χ2n) is 7.61. The van der Waals surface area contributed by atoms with Crippen LogP contribution in [0.2, 0.25) is 0 Å². The number of nitrogens with zero attached hydrogens (tertiary/aromatic N) is 2. The van der Waals surface area contributed by atoms with E-state index in [1.807, 2.05) is 6.07 Å². The molecule has 138 valence electrons. The van der Waals surface area contributed by atoms with Crippen LogP contribution in [0.3, 0.4) is 0 Å². The van der Waals surface area contributed by atoms with E-state index < -0.39 is 0 Å². The Balaban J connectivity index is 1.67. The number of halogens is 1. The molecule has 1 aliphatic heterocycles. The number of likely N-dealkylation sites (tertiary alicyclic amines) is 1. The van der Waals surface area contributed by atoms with E-state index in [2.05, 4.69) is 22.6 Å². The Morgan fingerprint density at radius 1 is 0.960 bits per heavy atom. The molecule has 0 radical (unpaired) electrons. The summed E-state index contributed by atoms with van der Waals surface area (Å²) in [6.07, 6.45) is 14.1. The highest BCUT2D eigenvalue weighted by atomic mass is 19.1. The summed E-state index contributed by atoms with van der Waals surface area (Å²) < 4.78 is 16.2. The highest BCUT2D eigenvalue weighted by Gasteiger charge is 2.15. The van der Waals surface area contributed by atoms with Crippen molar-refractivity contribution in [2.45, 2.75) is 77.8 Å². The van der Waals surface area contributed by atoms with Crippen molar-refractivity contribution in [2.75, 3.05) is 13.1 Å². The third kappa shape index (κ3) is 5.07. The largest absolute Gasteiger partial charge is 0.347 e. The van der Waals surface area contributed by atoms with Crippen LogP contribution in [-0.4, -0.2) is 22.6 Å². The van der Waals surface area contributed by atoms with Crippen molar-refractivity contribution in [1.82, 2.24) is 9.47 Å². The molecule has 0 bridgehead atoms. The van der Waals surface area contributed by atoms with Crippen molar-refractivity contribution in [1.29, 1.82) is 0 Å². The third-order valence-corrected chi connectivity index (χ3v) is 5.52. The minimum atomic E-state index is -0.121. The lowest BCUT2D eigenvalue weighted by Gasteiger charge is -2.26. The molecule has 0 amide bonds. The lowest BCUT2D eigenvalue weighted by Crippen LogP contribution is -2.28. The van der Waals surface area contributed by atoms with Crippen LogP contribution < -0.4 is 0 Å². The number of hydrogen-bond acceptors (Lipinski definition) is 1. The summed E-state index contributed by atoms with van der Waals surface area (Å²) in [5.74, 6) is -0.121. The molecule has 3 rings (SSSR count). The van der Waals surface area contributed by atoms with Gasteiger partial charge in [0.25, 0.3) is 0 Å². The maximum atomic E-state index is 13.8. The fraction of sp³-hybridized carbons (Fsp3) is 0.636. The van der Waals surface area contributed by atoms with Crippen LogP contribution in [-0.2, 0) is 13.1 Å². The fourth-order valence-electron chi connectivity index (χ4n) is 4.08. The number of unbranched alkanes of at least 4 members (excludes halogenated alkanes) is 5. The van der Waals surface area contributed by atoms with E-state index in [0.717, 1.165) is 18.5 Å². The summed E-state index contributed by atoms with van der Waals surface area (Å²) in [6.45, 7) is 6.63. The molecule has 25 heavy (non-hydrogen) atoms. The van der Waals surface area contributed by atoms with Crippen molar-refractivity contribution in [3.05, 3.63) is 35.8 Å². The molecule has 1 aliphatic rings. The lowest BCUT2D eigenvalue weighted by atomic mass is 10.1. The molecule has 1 fully saturated rings. The minimum Gasteiger partial charge on any atom is -0.347 e. The van der Waals surface area contributed by atoms with E-state index in [1.165, 1.54) is 82.0 Å². The van der Waals surface area contributed by atoms with Gasteiger partial charge in [-0.25, -0.2) is 4.39 Å². The molecule has 3 heteroatoms. The summed E-state index contributed by atoms with van der Waals surface area (Å²) in [6, 6.07) is 5.29. The second kappa shape index (κ2) is 9.38. The van der Waals surface area contributed by atoms with Gasteiger partial charge >= 0.3 is 0 Å². The van der Waals surface area contributed by atoms with E-state index >= 15 is 0 Å². The quantitative estimate of drug-likeness (QED) is 0.497. The minimum absolute atomic E-state index is 0.121. The first-order valence-electron chi connectivity index (χ1n) is 10.3. The number of fused-ring (bicyclic) bond motifs is 1. The Hall–Kier alpha value is -1.35. The average Bonchev–Trinajstić information content (AvgIpc) is 2.96. The predicted molar refractivity (Wildman–Crippen MR) is 104 cm³/mol. The summed E-state index contributed by atoms with van der Waals surface area (Å²) in [4.78, 5) is 2.53. The molecule has 2 nitrogen and oxygen atoms in total. The first-order chi connectivity index (χ1) is 12.3. The molecule has 0 aliphatic carbocycles. The van der Waals surface area contributed by atoms with Gasteiger partial charge in [-0.05, 0) is 56.1 Å². The van der Waals surface area contributed by atoms with Gasteiger partial charge in [-0.1, -0.05) is 45.4 Å². The first-order valence-corrected chi connectivity index (χ1v) is 10.3. The van der Waals surface area contributed by atoms with Gasteiger partial charge in [0, 0.05) is 30.2 Å². The number of benzene rings is 1. The zero-order valence-electron chi connectivity index (χ0n) is 15.8. The summed E-state index contributed by atoms with van der Waals surface area (Å²) >= 11 is 0. The number of rotatable bonds is 9. The smallest absolute Gasteiger partial charge is 0.123 e. The number of aryl methyl sites for hydroxylation is 1. The average molecular weight is 345 g/mol. The maximum absolute atomic E-state index is 13.8. The van der Waals surface area contributed by atoms with E-state index in [-0.39, 0.29) is 5.82 Å². The SMILES string of the molecule is CCCCCCCCn1cc(CN2CCCCC2)c2cc(F)ccc21. The van der Waals surface area contributed by atoms with Crippen LogP contribution >= 0.6 is 0 Å². The third-order valence-electron chi connectivity index (χ3n) is 5.52. The topological polar surface area (TPSA) is 8.17 Å². The van der Waals surface area contributed by atoms with Gasteiger partial charge in [0.05, 0.1) is 0 Å². The first kappa shape index (κ1) is 18.4. The van der Waals surface area contributed by atoms with Gasteiger partial charge in [-0.3, -0.25) is 4.90 Å². The zero-order chi connectivity index (χ0) is 17.5. The van der Waals surface area contributed by atoms with Crippen LogP contribution in [0.5, 0.6) is 0 Å². The maximum Gasteiger partial charge on any atom is 0.123 e. The highest BCUT2D eigenvalue weighted by Crippen LogP contribution is 2.25. The van der Waals surface area contributed by atoms with Crippen molar-refractivity contribution in [3.63, 3.8) is 0 Å². The van der Waals surface area contributed by atoms with E-state index in [4.69, 9.17) is 0 Å². The Morgan fingerprint density at radius 2 is 1.72 bits per heavy atom. The summed E-state index contributed by atoms with van der Waals surface area (Å²) in [5.41, 5.74) is 2.49. The molecular formula is C22H33FN2. The van der Waals surface area contributed by atoms with Gasteiger partial charge in [0.2, 0.25) is 0 Å². The number of hydrogen-bond donors (Lipinski definition) is 0.